The third kappa shape index (κ3) is 4.78. The largest absolute Gasteiger partial charge is 0.391 e. The number of likely N-dealkylation sites (tertiary alicyclic amines) is 1. The highest BCUT2D eigenvalue weighted by atomic mass is 79.9. The van der Waals surface area contributed by atoms with E-state index in [9.17, 15) is 14.7 Å². The van der Waals surface area contributed by atoms with Crippen LogP contribution >= 0.6 is 15.9 Å². The van der Waals surface area contributed by atoms with Gasteiger partial charge in [-0.25, -0.2) is 4.79 Å². The average Bonchev–Trinajstić information content (AvgIpc) is 2.59. The van der Waals surface area contributed by atoms with Crippen LogP contribution in [-0.2, 0) is 4.79 Å². The first kappa shape index (κ1) is 18.9. The summed E-state index contributed by atoms with van der Waals surface area (Å²) in [5.74, 6) is -0.183. The SMILES string of the molecule is C[C@@H](O)[C@H](NC(=O)N1CCC(c2ccc(Br)cc2)CC1)C(=O)CO. The molecule has 1 heterocycles. The second kappa shape index (κ2) is 8.60. The van der Waals surface area contributed by atoms with E-state index >= 15 is 0 Å². The lowest BCUT2D eigenvalue weighted by Crippen LogP contribution is -2.54. The van der Waals surface area contributed by atoms with Crippen molar-refractivity contribution < 1.29 is 19.8 Å². The van der Waals surface area contributed by atoms with E-state index in [2.05, 4.69) is 33.4 Å². The molecule has 1 aromatic carbocycles. The number of rotatable bonds is 5. The molecule has 7 heteroatoms. The van der Waals surface area contributed by atoms with Crippen molar-refractivity contribution in [1.82, 2.24) is 10.2 Å². The quantitative estimate of drug-likeness (QED) is 0.703. The number of halogens is 1. The molecule has 1 aromatic rings. The Bertz CT molecular complexity index is 568. The summed E-state index contributed by atoms with van der Waals surface area (Å²) in [6, 6.07) is 6.76. The van der Waals surface area contributed by atoms with E-state index in [1.807, 2.05) is 12.1 Å². The molecule has 0 saturated carbocycles. The van der Waals surface area contributed by atoms with Crippen LogP contribution in [0.5, 0.6) is 0 Å². The van der Waals surface area contributed by atoms with Crippen LogP contribution < -0.4 is 5.32 Å². The number of ketones is 1. The van der Waals surface area contributed by atoms with Gasteiger partial charge in [-0.2, -0.15) is 0 Å². The maximum absolute atomic E-state index is 12.3. The summed E-state index contributed by atoms with van der Waals surface area (Å²) in [6.45, 7) is 1.89. The molecule has 3 N–H and O–H groups in total. The first-order chi connectivity index (χ1) is 11.4. The van der Waals surface area contributed by atoms with Gasteiger partial charge in [0.2, 0.25) is 0 Å². The molecule has 2 rings (SSSR count). The molecule has 0 bridgehead atoms. The number of nitrogens with one attached hydrogen (secondary N) is 1. The van der Waals surface area contributed by atoms with Gasteiger partial charge in [0.25, 0.3) is 0 Å². The van der Waals surface area contributed by atoms with Crippen LogP contribution in [0.1, 0.15) is 31.2 Å². The van der Waals surface area contributed by atoms with Gasteiger partial charge in [-0.1, -0.05) is 28.1 Å². The molecule has 0 aromatic heterocycles. The molecule has 2 atom stereocenters. The van der Waals surface area contributed by atoms with Crippen LogP contribution in [0.4, 0.5) is 4.79 Å². The molecule has 0 spiro atoms. The molecule has 0 unspecified atom stereocenters. The summed E-state index contributed by atoms with van der Waals surface area (Å²) in [6.07, 6.45) is 0.652. The number of carbonyl (C=O) groups excluding carboxylic acids is 2. The summed E-state index contributed by atoms with van der Waals surface area (Å²) in [5.41, 5.74) is 1.26. The van der Waals surface area contributed by atoms with Crippen LogP contribution in [0.15, 0.2) is 28.7 Å². The number of benzene rings is 1. The van der Waals surface area contributed by atoms with Crippen LogP contribution in [0.2, 0.25) is 0 Å². The number of amides is 2. The Morgan fingerprint density at radius 2 is 1.88 bits per heavy atom. The minimum atomic E-state index is -1.08. The molecule has 6 nitrogen and oxygen atoms in total. The fourth-order valence-corrected chi connectivity index (χ4v) is 3.21. The standard InChI is InChI=1S/C17H23BrN2O4/c1-11(22)16(15(23)10-21)19-17(24)20-8-6-13(7-9-20)12-2-4-14(18)5-3-12/h2-5,11,13,16,21-22H,6-10H2,1H3,(H,19,24)/t11-,16+/m1/s1. The van der Waals surface area contributed by atoms with Gasteiger partial charge in [-0.15, -0.1) is 0 Å². The minimum Gasteiger partial charge on any atom is -0.391 e. The summed E-state index contributed by atoms with van der Waals surface area (Å²) in [4.78, 5) is 25.5. The Kier molecular flexibility index (Phi) is 6.77. The van der Waals surface area contributed by atoms with Gasteiger partial charge in [0.15, 0.2) is 5.78 Å². The van der Waals surface area contributed by atoms with E-state index in [1.165, 1.54) is 12.5 Å². The lowest BCUT2D eigenvalue weighted by molar-refractivity contribution is -0.125. The predicted octanol–water partition coefficient (Wildman–Crippen LogP) is 1.65. The summed E-state index contributed by atoms with van der Waals surface area (Å²) in [7, 11) is 0. The van der Waals surface area contributed by atoms with Crippen LogP contribution in [0.3, 0.4) is 0 Å². The molecule has 24 heavy (non-hydrogen) atoms. The van der Waals surface area contributed by atoms with Gasteiger partial charge in [0.05, 0.1) is 6.10 Å². The molecule has 1 aliphatic heterocycles. The van der Waals surface area contributed by atoms with Crippen molar-refractivity contribution in [2.75, 3.05) is 19.7 Å². The van der Waals surface area contributed by atoms with Crippen molar-refractivity contribution in [3.8, 4) is 0 Å². The van der Waals surface area contributed by atoms with E-state index in [-0.39, 0.29) is 6.03 Å². The van der Waals surface area contributed by atoms with Gasteiger partial charge in [-0.3, -0.25) is 4.79 Å². The van der Waals surface area contributed by atoms with Crippen LogP contribution in [-0.4, -0.2) is 58.8 Å². The molecule has 1 aliphatic rings. The van der Waals surface area contributed by atoms with Gasteiger partial charge < -0.3 is 20.4 Å². The van der Waals surface area contributed by atoms with Gasteiger partial charge in [0.1, 0.15) is 12.6 Å². The molecule has 1 saturated heterocycles. The topological polar surface area (TPSA) is 89.9 Å². The first-order valence-corrected chi connectivity index (χ1v) is 8.84. The summed E-state index contributed by atoms with van der Waals surface area (Å²) >= 11 is 3.42. The predicted molar refractivity (Wildman–Crippen MR) is 93.8 cm³/mol. The highest BCUT2D eigenvalue weighted by Gasteiger charge is 2.29. The number of carbonyl (C=O) groups is 2. The Labute approximate surface area is 150 Å². The molecule has 2 amide bonds. The Morgan fingerprint density at radius 1 is 1.29 bits per heavy atom. The third-order valence-corrected chi connectivity index (χ3v) is 4.92. The number of aliphatic hydroxyl groups excluding tert-OH is 2. The van der Waals surface area contributed by atoms with E-state index in [1.54, 1.807) is 4.90 Å². The van der Waals surface area contributed by atoms with E-state index < -0.39 is 24.5 Å². The molecular formula is C17H23BrN2O4. The minimum absolute atomic E-state index is 0.378. The monoisotopic (exact) mass is 398 g/mol. The van der Waals surface area contributed by atoms with Gasteiger partial charge in [-0.05, 0) is 43.4 Å². The zero-order valence-corrected chi connectivity index (χ0v) is 15.2. The van der Waals surface area contributed by atoms with Crippen molar-refractivity contribution >= 4 is 27.7 Å². The third-order valence-electron chi connectivity index (χ3n) is 4.39. The number of hydrogen-bond donors (Lipinski definition) is 3. The van der Waals surface area contributed by atoms with Crippen molar-refractivity contribution in [3.63, 3.8) is 0 Å². The maximum atomic E-state index is 12.3. The van der Waals surface area contributed by atoms with Crippen molar-refractivity contribution in [1.29, 1.82) is 0 Å². The fraction of sp³-hybridized carbons (Fsp3) is 0.529. The lowest BCUT2D eigenvalue weighted by Gasteiger charge is -2.33. The lowest BCUT2D eigenvalue weighted by atomic mass is 9.89. The zero-order valence-electron chi connectivity index (χ0n) is 13.6. The van der Waals surface area contributed by atoms with E-state index in [0.717, 1.165) is 17.3 Å². The number of aliphatic hydroxyl groups is 2. The Balaban J connectivity index is 1.90. The van der Waals surface area contributed by atoms with Crippen molar-refractivity contribution in [3.05, 3.63) is 34.3 Å². The number of nitrogens with zero attached hydrogens (tertiary/aromatic N) is 1. The molecule has 132 valence electrons. The second-order valence-corrected chi connectivity index (χ2v) is 7.02. The van der Waals surface area contributed by atoms with Crippen molar-refractivity contribution in [2.45, 2.75) is 37.8 Å². The molecule has 1 fully saturated rings. The molecular weight excluding hydrogens is 376 g/mol. The highest BCUT2D eigenvalue weighted by molar-refractivity contribution is 9.10. The smallest absolute Gasteiger partial charge is 0.318 e. The fourth-order valence-electron chi connectivity index (χ4n) is 2.94. The number of Topliss-reactive ketones (excluding diaryl/α,β-unsaturated/α-hetero) is 1. The van der Waals surface area contributed by atoms with Crippen molar-refractivity contribution in [2.24, 2.45) is 0 Å². The number of urea groups is 1. The number of piperidine rings is 1. The van der Waals surface area contributed by atoms with Gasteiger partial charge in [0, 0.05) is 17.6 Å². The van der Waals surface area contributed by atoms with E-state index in [0.29, 0.717) is 19.0 Å². The summed E-state index contributed by atoms with van der Waals surface area (Å²) < 4.78 is 1.04. The maximum Gasteiger partial charge on any atom is 0.318 e. The van der Waals surface area contributed by atoms with Crippen LogP contribution in [0.25, 0.3) is 0 Å². The molecule has 0 radical (unpaired) electrons. The van der Waals surface area contributed by atoms with E-state index in [4.69, 9.17) is 5.11 Å². The number of hydrogen-bond acceptors (Lipinski definition) is 4. The highest BCUT2D eigenvalue weighted by Crippen LogP contribution is 2.28. The second-order valence-electron chi connectivity index (χ2n) is 6.11. The first-order valence-electron chi connectivity index (χ1n) is 8.05. The van der Waals surface area contributed by atoms with Crippen LogP contribution in [0, 0.1) is 0 Å². The average molecular weight is 399 g/mol. The Morgan fingerprint density at radius 3 is 2.38 bits per heavy atom. The molecule has 0 aliphatic carbocycles. The Hall–Kier alpha value is -1.44. The normalized spacial score (nSPS) is 18.1. The summed E-state index contributed by atoms with van der Waals surface area (Å²) in [5, 5.41) is 21.1. The zero-order chi connectivity index (χ0) is 17.7. The van der Waals surface area contributed by atoms with Gasteiger partial charge >= 0.3 is 6.03 Å².